The lowest BCUT2D eigenvalue weighted by molar-refractivity contribution is -0.0914. The van der Waals surface area contributed by atoms with Crippen molar-refractivity contribution < 1.29 is 18.9 Å². The molecule has 0 atom stereocenters. The van der Waals surface area contributed by atoms with Crippen LogP contribution in [-0.4, -0.2) is 33.8 Å². The smallest absolute Gasteiger partial charge is 0.231 e. The van der Waals surface area contributed by atoms with Crippen LogP contribution in [0.25, 0.3) is 0 Å². The van der Waals surface area contributed by atoms with E-state index in [9.17, 15) is 0 Å². The second kappa shape index (κ2) is 5.05. The third-order valence-corrected chi connectivity index (χ3v) is 2.37. The summed E-state index contributed by atoms with van der Waals surface area (Å²) in [7, 11) is 3.21. The molecule has 16 heavy (non-hydrogen) atoms. The molecule has 1 aromatic rings. The van der Waals surface area contributed by atoms with Gasteiger partial charge in [0, 0.05) is 26.0 Å². The molecule has 0 radical (unpaired) electrons. The minimum absolute atomic E-state index is 0.259. The van der Waals surface area contributed by atoms with Crippen molar-refractivity contribution in [1.82, 2.24) is 0 Å². The van der Waals surface area contributed by atoms with Gasteiger partial charge in [-0.2, -0.15) is 0 Å². The molecule has 0 aliphatic carbocycles. The van der Waals surface area contributed by atoms with E-state index in [4.69, 9.17) is 18.9 Å². The maximum Gasteiger partial charge on any atom is 0.231 e. The Labute approximate surface area is 94.3 Å². The summed E-state index contributed by atoms with van der Waals surface area (Å²) in [6.45, 7) is 0.865. The van der Waals surface area contributed by atoms with E-state index in [0.29, 0.717) is 6.54 Å². The van der Waals surface area contributed by atoms with Crippen LogP contribution in [-0.2, 0) is 9.47 Å². The summed E-state index contributed by atoms with van der Waals surface area (Å²) in [6, 6.07) is 5.69. The van der Waals surface area contributed by atoms with Crippen molar-refractivity contribution in [3.63, 3.8) is 0 Å². The van der Waals surface area contributed by atoms with Crippen LogP contribution >= 0.6 is 0 Å². The SMILES string of the molecule is COC(CNc1ccc2c(c1)OCO2)OC. The van der Waals surface area contributed by atoms with Crippen LogP contribution in [0.4, 0.5) is 5.69 Å². The fourth-order valence-electron chi connectivity index (χ4n) is 1.47. The standard InChI is InChI=1S/C11H15NO4/c1-13-11(14-2)6-12-8-3-4-9-10(5-8)16-7-15-9/h3-5,11-12H,6-7H2,1-2H3. The van der Waals surface area contributed by atoms with E-state index in [0.717, 1.165) is 17.2 Å². The predicted octanol–water partition coefficient (Wildman–Crippen LogP) is 1.45. The summed E-state index contributed by atoms with van der Waals surface area (Å²) in [4.78, 5) is 0. The van der Waals surface area contributed by atoms with E-state index < -0.39 is 0 Å². The third kappa shape index (κ3) is 2.37. The molecular formula is C11H15NO4. The van der Waals surface area contributed by atoms with Crippen LogP contribution in [0.2, 0.25) is 0 Å². The Balaban J connectivity index is 1.95. The van der Waals surface area contributed by atoms with Crippen LogP contribution in [0.5, 0.6) is 11.5 Å². The van der Waals surface area contributed by atoms with Crippen LogP contribution in [0, 0.1) is 0 Å². The average Bonchev–Trinajstić information content (AvgIpc) is 2.77. The zero-order valence-corrected chi connectivity index (χ0v) is 9.36. The monoisotopic (exact) mass is 225 g/mol. The van der Waals surface area contributed by atoms with Gasteiger partial charge < -0.3 is 24.3 Å². The largest absolute Gasteiger partial charge is 0.454 e. The minimum atomic E-state index is -0.259. The van der Waals surface area contributed by atoms with E-state index in [1.807, 2.05) is 18.2 Å². The van der Waals surface area contributed by atoms with Crippen LogP contribution in [0.15, 0.2) is 18.2 Å². The second-order valence-electron chi connectivity index (χ2n) is 3.35. The predicted molar refractivity (Wildman–Crippen MR) is 58.9 cm³/mol. The highest BCUT2D eigenvalue weighted by Gasteiger charge is 2.13. The molecule has 0 aromatic heterocycles. The molecule has 1 aromatic carbocycles. The van der Waals surface area contributed by atoms with E-state index in [-0.39, 0.29) is 13.1 Å². The van der Waals surface area contributed by atoms with Gasteiger partial charge in [-0.15, -0.1) is 0 Å². The zero-order chi connectivity index (χ0) is 11.4. The highest BCUT2D eigenvalue weighted by molar-refractivity contribution is 5.55. The number of methoxy groups -OCH3 is 2. The van der Waals surface area contributed by atoms with Crippen LogP contribution in [0.1, 0.15) is 0 Å². The van der Waals surface area contributed by atoms with Crippen molar-refractivity contribution in [2.24, 2.45) is 0 Å². The molecule has 1 aliphatic heterocycles. The summed E-state index contributed by atoms with van der Waals surface area (Å²) in [6.07, 6.45) is -0.259. The Hall–Kier alpha value is -1.46. The van der Waals surface area contributed by atoms with E-state index in [1.54, 1.807) is 14.2 Å². The first-order chi connectivity index (χ1) is 7.83. The second-order valence-corrected chi connectivity index (χ2v) is 3.35. The molecule has 1 aliphatic rings. The first-order valence-electron chi connectivity index (χ1n) is 5.02. The van der Waals surface area contributed by atoms with Crippen molar-refractivity contribution in [2.45, 2.75) is 6.29 Å². The number of rotatable bonds is 5. The number of hydrogen-bond donors (Lipinski definition) is 1. The van der Waals surface area contributed by atoms with Crippen molar-refractivity contribution in [3.8, 4) is 11.5 Å². The van der Waals surface area contributed by atoms with Gasteiger partial charge in [-0.05, 0) is 12.1 Å². The lowest BCUT2D eigenvalue weighted by atomic mass is 10.3. The highest BCUT2D eigenvalue weighted by Crippen LogP contribution is 2.34. The molecule has 0 amide bonds. The van der Waals surface area contributed by atoms with Crippen molar-refractivity contribution in [2.75, 3.05) is 32.9 Å². The molecule has 88 valence electrons. The number of hydrogen-bond acceptors (Lipinski definition) is 5. The maximum absolute atomic E-state index is 5.27. The van der Waals surface area contributed by atoms with Gasteiger partial charge in [0.05, 0.1) is 6.54 Å². The van der Waals surface area contributed by atoms with Gasteiger partial charge in [0.1, 0.15) is 0 Å². The molecule has 2 rings (SSSR count). The molecule has 1 heterocycles. The van der Waals surface area contributed by atoms with Gasteiger partial charge in [-0.25, -0.2) is 0 Å². The third-order valence-electron chi connectivity index (χ3n) is 2.37. The Morgan fingerprint density at radius 1 is 1.25 bits per heavy atom. The van der Waals surface area contributed by atoms with E-state index >= 15 is 0 Å². The fraction of sp³-hybridized carbons (Fsp3) is 0.455. The average molecular weight is 225 g/mol. The van der Waals surface area contributed by atoms with Crippen LogP contribution in [0.3, 0.4) is 0 Å². The summed E-state index contributed by atoms with van der Waals surface area (Å²) in [5, 5.41) is 3.19. The maximum atomic E-state index is 5.27. The number of benzene rings is 1. The Morgan fingerprint density at radius 3 is 2.75 bits per heavy atom. The molecule has 0 spiro atoms. The first kappa shape index (κ1) is 11.0. The molecule has 0 saturated carbocycles. The lowest BCUT2D eigenvalue weighted by Gasteiger charge is -2.14. The van der Waals surface area contributed by atoms with Gasteiger partial charge in [-0.1, -0.05) is 0 Å². The van der Waals surface area contributed by atoms with Gasteiger partial charge in [0.2, 0.25) is 6.79 Å². The number of nitrogens with one attached hydrogen (secondary N) is 1. The van der Waals surface area contributed by atoms with Gasteiger partial charge in [0.25, 0.3) is 0 Å². The summed E-state index contributed by atoms with van der Waals surface area (Å²) in [5.41, 5.74) is 0.948. The molecule has 0 bridgehead atoms. The molecule has 0 unspecified atom stereocenters. The summed E-state index contributed by atoms with van der Waals surface area (Å²) < 4.78 is 20.6. The molecule has 0 saturated heterocycles. The zero-order valence-electron chi connectivity index (χ0n) is 9.36. The van der Waals surface area contributed by atoms with Crippen molar-refractivity contribution in [3.05, 3.63) is 18.2 Å². The van der Waals surface area contributed by atoms with Gasteiger partial charge in [-0.3, -0.25) is 0 Å². The molecule has 1 N–H and O–H groups in total. The molecule has 5 nitrogen and oxygen atoms in total. The van der Waals surface area contributed by atoms with Crippen LogP contribution < -0.4 is 14.8 Å². The molecule has 0 fully saturated rings. The van der Waals surface area contributed by atoms with Gasteiger partial charge >= 0.3 is 0 Å². The van der Waals surface area contributed by atoms with Crippen molar-refractivity contribution >= 4 is 5.69 Å². The quantitative estimate of drug-likeness (QED) is 0.768. The Morgan fingerprint density at radius 2 is 2.00 bits per heavy atom. The van der Waals surface area contributed by atoms with Crippen molar-refractivity contribution in [1.29, 1.82) is 0 Å². The topological polar surface area (TPSA) is 49.0 Å². The Bertz CT molecular complexity index is 352. The van der Waals surface area contributed by atoms with E-state index in [2.05, 4.69) is 5.32 Å². The first-order valence-corrected chi connectivity index (χ1v) is 5.02. The Kier molecular flexibility index (Phi) is 3.48. The highest BCUT2D eigenvalue weighted by atomic mass is 16.7. The van der Waals surface area contributed by atoms with Gasteiger partial charge in [0.15, 0.2) is 17.8 Å². The number of ether oxygens (including phenoxy) is 4. The van der Waals surface area contributed by atoms with E-state index in [1.165, 1.54) is 0 Å². The molecule has 5 heteroatoms. The summed E-state index contributed by atoms with van der Waals surface area (Å²) >= 11 is 0. The fourth-order valence-corrected chi connectivity index (χ4v) is 1.47. The number of anilines is 1. The normalized spacial score (nSPS) is 13.2. The lowest BCUT2D eigenvalue weighted by Crippen LogP contribution is -2.23. The molecular weight excluding hydrogens is 210 g/mol. The minimum Gasteiger partial charge on any atom is -0.454 e. The summed E-state index contributed by atoms with van der Waals surface area (Å²) in [5.74, 6) is 1.54. The number of fused-ring (bicyclic) bond motifs is 1.